The first-order chi connectivity index (χ1) is 20.5. The third-order valence-corrected chi connectivity index (χ3v) is 9.25. The van der Waals surface area contributed by atoms with Crippen LogP contribution in [0.4, 0.5) is 17.1 Å². The second-order valence-corrected chi connectivity index (χ2v) is 12.3. The van der Waals surface area contributed by atoms with Gasteiger partial charge in [0.25, 0.3) is 0 Å². The van der Waals surface area contributed by atoms with Crippen molar-refractivity contribution < 1.29 is 4.42 Å². The van der Waals surface area contributed by atoms with E-state index in [0.717, 1.165) is 62.8 Å². The molecule has 1 heterocycles. The number of rotatable bonds is 4. The average molecular weight is 564 g/mol. The number of para-hydroxylation sites is 1. The summed E-state index contributed by atoms with van der Waals surface area (Å²) in [6, 6.07) is 39.1. The minimum absolute atomic E-state index is 0.0907. The van der Waals surface area contributed by atoms with E-state index in [1.165, 1.54) is 27.8 Å². The second-order valence-electron chi connectivity index (χ2n) is 11.8. The quantitative estimate of drug-likeness (QED) is 0.212. The van der Waals surface area contributed by atoms with Crippen LogP contribution in [0.1, 0.15) is 42.7 Å². The van der Waals surface area contributed by atoms with Crippen LogP contribution in [0.5, 0.6) is 0 Å². The Bertz CT molecular complexity index is 2010. The molecule has 3 heteroatoms. The van der Waals surface area contributed by atoms with Gasteiger partial charge < -0.3 is 9.32 Å². The lowest BCUT2D eigenvalue weighted by Gasteiger charge is -2.28. The largest absolute Gasteiger partial charge is 0.458 e. The molecule has 204 valence electrons. The van der Waals surface area contributed by atoms with Gasteiger partial charge in [0.05, 0.1) is 5.69 Å². The van der Waals surface area contributed by atoms with Crippen molar-refractivity contribution in [2.24, 2.45) is 0 Å². The third kappa shape index (κ3) is 3.86. The number of furan rings is 1. The van der Waals surface area contributed by atoms with Gasteiger partial charge in [-0.3, -0.25) is 0 Å². The van der Waals surface area contributed by atoms with Gasteiger partial charge in [-0.05, 0) is 82.3 Å². The fraction of sp³-hybridized carbons (Fsp3) is 0.128. The highest BCUT2D eigenvalue weighted by Crippen LogP contribution is 2.51. The van der Waals surface area contributed by atoms with Gasteiger partial charge in [0.2, 0.25) is 0 Å². The van der Waals surface area contributed by atoms with Crippen molar-refractivity contribution in [3.63, 3.8) is 0 Å². The van der Waals surface area contributed by atoms with Gasteiger partial charge in [0.15, 0.2) is 5.58 Å². The van der Waals surface area contributed by atoms with E-state index in [2.05, 4.69) is 128 Å². The van der Waals surface area contributed by atoms with Crippen molar-refractivity contribution in [2.75, 3.05) is 4.90 Å². The fourth-order valence-corrected chi connectivity index (χ4v) is 6.96. The maximum atomic E-state index is 6.63. The third-order valence-electron chi connectivity index (χ3n) is 9.00. The zero-order valence-electron chi connectivity index (χ0n) is 23.7. The van der Waals surface area contributed by atoms with Gasteiger partial charge in [-0.15, -0.1) is 0 Å². The van der Waals surface area contributed by atoms with E-state index in [0.29, 0.717) is 0 Å². The zero-order valence-corrected chi connectivity index (χ0v) is 24.5. The number of allylic oxidation sites excluding steroid dienone is 1. The Morgan fingerprint density at radius 1 is 0.714 bits per heavy atom. The molecule has 0 spiro atoms. The van der Waals surface area contributed by atoms with Gasteiger partial charge >= 0.3 is 0 Å². The molecule has 0 saturated carbocycles. The van der Waals surface area contributed by atoms with E-state index in [9.17, 15) is 0 Å². The molecule has 0 aliphatic heterocycles. The van der Waals surface area contributed by atoms with E-state index in [1.807, 2.05) is 12.1 Å². The number of aryl methyl sites for hydroxylation is 1. The molecular weight excluding hydrogens is 534 g/mol. The summed E-state index contributed by atoms with van der Waals surface area (Å²) >= 11 is 6.16. The number of nitrogens with zero attached hydrogens (tertiary/aromatic N) is 1. The fourth-order valence-electron chi connectivity index (χ4n) is 6.84. The van der Waals surface area contributed by atoms with Crippen LogP contribution >= 0.6 is 11.6 Å². The molecule has 1 aromatic heterocycles. The molecule has 0 amide bonds. The number of anilines is 3. The summed E-state index contributed by atoms with van der Waals surface area (Å²) in [5, 5.41) is 1.91. The minimum atomic E-state index is -0.0907. The topological polar surface area (TPSA) is 16.4 Å². The van der Waals surface area contributed by atoms with Crippen molar-refractivity contribution in [1.82, 2.24) is 0 Å². The molecule has 2 nitrogen and oxygen atoms in total. The van der Waals surface area contributed by atoms with Crippen molar-refractivity contribution in [3.05, 3.63) is 143 Å². The predicted octanol–water partition coefficient (Wildman–Crippen LogP) is 11.5. The van der Waals surface area contributed by atoms with Gasteiger partial charge in [0.1, 0.15) is 5.76 Å². The average Bonchev–Trinajstić information content (AvgIpc) is 3.51. The van der Waals surface area contributed by atoms with Crippen LogP contribution in [-0.2, 0) is 11.8 Å². The summed E-state index contributed by atoms with van der Waals surface area (Å²) < 4.78 is 6.63. The number of hydrogen-bond donors (Lipinski definition) is 0. The lowest BCUT2D eigenvalue weighted by molar-refractivity contribution is 0.546. The van der Waals surface area contributed by atoms with Crippen molar-refractivity contribution in [3.8, 4) is 22.3 Å². The maximum Gasteiger partial charge on any atom is 0.158 e. The highest BCUT2D eigenvalue weighted by Gasteiger charge is 2.36. The van der Waals surface area contributed by atoms with Crippen LogP contribution in [-0.4, -0.2) is 0 Å². The van der Waals surface area contributed by atoms with E-state index in [-0.39, 0.29) is 5.41 Å². The molecule has 8 rings (SSSR count). The van der Waals surface area contributed by atoms with Crippen LogP contribution in [0.2, 0.25) is 5.02 Å². The molecular formula is C39H30ClNO. The van der Waals surface area contributed by atoms with E-state index in [4.69, 9.17) is 16.0 Å². The zero-order chi connectivity index (χ0) is 28.4. The van der Waals surface area contributed by atoms with Crippen LogP contribution in [0.15, 0.2) is 120 Å². The molecule has 0 fully saturated rings. The highest BCUT2D eigenvalue weighted by molar-refractivity contribution is 6.30. The number of benzene rings is 5. The molecule has 42 heavy (non-hydrogen) atoms. The predicted molar refractivity (Wildman–Crippen MR) is 176 cm³/mol. The van der Waals surface area contributed by atoms with E-state index < -0.39 is 0 Å². The standard InChI is InChI=1S/C39H30ClNO/c1-39(2)34-11-5-3-8-30(34)31-23-22-29(24-35(31)39)41(28-20-16-26(17-21-28)25-14-18-27(40)19-15-25)36-12-7-10-33-32-9-4-6-13-37(32)42-38(33)36/h3-5,7-12,14-24H,6,13H2,1-2H3. The molecule has 0 atom stereocenters. The Hall–Kier alpha value is -4.53. The van der Waals surface area contributed by atoms with Crippen LogP contribution in [0.3, 0.4) is 0 Å². The summed E-state index contributed by atoms with van der Waals surface area (Å²) in [5.74, 6) is 1.07. The molecule has 2 aliphatic carbocycles. The summed E-state index contributed by atoms with van der Waals surface area (Å²) in [4.78, 5) is 2.35. The highest BCUT2D eigenvalue weighted by atomic mass is 35.5. The molecule has 0 saturated heterocycles. The lowest BCUT2D eigenvalue weighted by atomic mass is 9.82. The van der Waals surface area contributed by atoms with Crippen molar-refractivity contribution in [2.45, 2.75) is 32.1 Å². The molecule has 0 unspecified atom stereocenters. The van der Waals surface area contributed by atoms with Gasteiger partial charge in [0, 0.05) is 39.2 Å². The van der Waals surface area contributed by atoms with E-state index >= 15 is 0 Å². The Morgan fingerprint density at radius 2 is 1.43 bits per heavy atom. The summed E-state index contributed by atoms with van der Waals surface area (Å²) in [6.45, 7) is 4.67. The Kier molecular flexibility index (Phi) is 5.70. The molecule has 0 bridgehead atoms. The molecule has 0 radical (unpaired) electrons. The van der Waals surface area contributed by atoms with Crippen LogP contribution in [0, 0.1) is 0 Å². The van der Waals surface area contributed by atoms with Crippen LogP contribution < -0.4 is 4.90 Å². The SMILES string of the molecule is CC1(C)c2ccccc2-c2ccc(N(c3ccc(-c4ccc(Cl)cc4)cc3)c3cccc4c5c(oc34)CCC=C5)cc21. The van der Waals surface area contributed by atoms with Gasteiger partial charge in [-0.2, -0.15) is 0 Å². The monoisotopic (exact) mass is 563 g/mol. The summed E-state index contributed by atoms with van der Waals surface area (Å²) in [5.41, 5.74) is 13.0. The second kappa shape index (κ2) is 9.51. The smallest absolute Gasteiger partial charge is 0.158 e. The molecule has 5 aromatic carbocycles. The number of halogens is 1. The Morgan fingerprint density at radius 3 is 2.24 bits per heavy atom. The first-order valence-corrected chi connectivity index (χ1v) is 15.0. The summed E-state index contributed by atoms with van der Waals surface area (Å²) in [7, 11) is 0. The molecule has 2 aliphatic rings. The lowest BCUT2D eigenvalue weighted by Crippen LogP contribution is -2.16. The minimum Gasteiger partial charge on any atom is -0.458 e. The molecule has 6 aromatic rings. The van der Waals surface area contributed by atoms with Crippen molar-refractivity contribution >= 4 is 45.7 Å². The van der Waals surface area contributed by atoms with Crippen LogP contribution in [0.25, 0.3) is 39.3 Å². The van der Waals surface area contributed by atoms with Gasteiger partial charge in [-0.1, -0.05) is 104 Å². The molecule has 0 N–H and O–H groups in total. The summed E-state index contributed by atoms with van der Waals surface area (Å²) in [6.07, 6.45) is 6.41. The first kappa shape index (κ1) is 25.2. The number of hydrogen-bond acceptors (Lipinski definition) is 2. The first-order valence-electron chi connectivity index (χ1n) is 14.6. The normalized spacial score (nSPS) is 14.5. The maximum absolute atomic E-state index is 6.63. The Balaban J connectivity index is 1.32. The number of fused-ring (bicyclic) bond motifs is 6. The van der Waals surface area contributed by atoms with E-state index in [1.54, 1.807) is 0 Å². The van der Waals surface area contributed by atoms with Gasteiger partial charge in [-0.25, -0.2) is 0 Å². The Labute approximate surface area is 251 Å². The van der Waals surface area contributed by atoms with Crippen molar-refractivity contribution in [1.29, 1.82) is 0 Å².